The van der Waals surface area contributed by atoms with E-state index in [1.807, 2.05) is 41.8 Å². The zero-order chi connectivity index (χ0) is 18.0. The van der Waals surface area contributed by atoms with Crippen molar-refractivity contribution in [3.8, 4) is 5.75 Å². The Kier molecular flexibility index (Phi) is 5.27. The third-order valence-corrected chi connectivity index (χ3v) is 5.17. The third-order valence-electron chi connectivity index (χ3n) is 5.17. The Morgan fingerprint density at radius 2 is 1.76 bits per heavy atom. The van der Waals surface area contributed by atoms with Crippen molar-refractivity contribution in [1.29, 1.82) is 0 Å². The van der Waals surface area contributed by atoms with Gasteiger partial charge in [-0.2, -0.15) is 0 Å². The first-order chi connectivity index (χ1) is 11.9. The minimum absolute atomic E-state index is 0.0604. The first-order valence-corrected chi connectivity index (χ1v) is 8.96. The Balaban J connectivity index is 1.45. The molecule has 2 aliphatic heterocycles. The van der Waals surface area contributed by atoms with E-state index in [2.05, 4.69) is 0 Å². The lowest BCUT2D eigenvalue weighted by atomic mass is 9.93. The molecule has 2 amide bonds. The van der Waals surface area contributed by atoms with Crippen molar-refractivity contribution in [1.82, 2.24) is 9.80 Å². The van der Waals surface area contributed by atoms with Gasteiger partial charge in [0.15, 0.2) is 0 Å². The number of likely N-dealkylation sites (tertiary alicyclic amines) is 2. The summed E-state index contributed by atoms with van der Waals surface area (Å²) in [6.45, 7) is 7.22. The Morgan fingerprint density at radius 3 is 2.32 bits per heavy atom. The number of aryl methyl sites for hydroxylation is 2. The number of piperidine rings is 1. The number of nitrogens with zero attached hydrogens (tertiary/aromatic N) is 2. The lowest BCUT2D eigenvalue weighted by molar-refractivity contribution is -0.146. The molecule has 6 nitrogen and oxygen atoms in total. The number of hydrogen-bond acceptors (Lipinski definition) is 4. The van der Waals surface area contributed by atoms with Crippen molar-refractivity contribution in [2.75, 3.05) is 32.7 Å². The molecule has 25 heavy (non-hydrogen) atoms. The molecule has 2 aliphatic rings. The highest BCUT2D eigenvalue weighted by Gasteiger charge is 2.37. The fourth-order valence-corrected chi connectivity index (χ4v) is 3.66. The summed E-state index contributed by atoms with van der Waals surface area (Å²) >= 11 is 0. The summed E-state index contributed by atoms with van der Waals surface area (Å²) in [5, 5.41) is 0. The normalized spacial score (nSPS) is 19.5. The van der Waals surface area contributed by atoms with Crippen molar-refractivity contribution in [3.05, 3.63) is 29.3 Å². The number of hydrogen-bond donors (Lipinski definition) is 1. The third kappa shape index (κ3) is 4.12. The molecule has 136 valence electrons. The van der Waals surface area contributed by atoms with Crippen LogP contribution in [-0.4, -0.2) is 60.4 Å². The van der Waals surface area contributed by atoms with Crippen LogP contribution >= 0.6 is 0 Å². The summed E-state index contributed by atoms with van der Waals surface area (Å²) in [5.41, 5.74) is 7.49. The highest BCUT2D eigenvalue weighted by atomic mass is 16.5. The van der Waals surface area contributed by atoms with Gasteiger partial charge in [0.2, 0.25) is 11.8 Å². The van der Waals surface area contributed by atoms with E-state index in [9.17, 15) is 9.59 Å². The Hall–Kier alpha value is -2.08. The highest BCUT2D eigenvalue weighted by molar-refractivity contribution is 5.80. The summed E-state index contributed by atoms with van der Waals surface area (Å²) in [6.07, 6.45) is 1.68. The molecule has 0 spiro atoms. The summed E-state index contributed by atoms with van der Waals surface area (Å²) in [7, 11) is 0. The van der Waals surface area contributed by atoms with E-state index < -0.39 is 0 Å². The van der Waals surface area contributed by atoms with E-state index in [1.165, 1.54) is 0 Å². The van der Waals surface area contributed by atoms with Crippen LogP contribution in [0.2, 0.25) is 0 Å². The van der Waals surface area contributed by atoms with E-state index in [4.69, 9.17) is 10.5 Å². The van der Waals surface area contributed by atoms with E-state index in [-0.39, 0.29) is 30.4 Å². The molecule has 0 aromatic heterocycles. The molecule has 0 bridgehead atoms. The average Bonchev–Trinajstić information content (AvgIpc) is 2.52. The van der Waals surface area contributed by atoms with Crippen molar-refractivity contribution < 1.29 is 14.3 Å². The molecular formula is C19H27N3O3. The second-order valence-corrected chi connectivity index (χ2v) is 7.22. The molecule has 0 atom stereocenters. The summed E-state index contributed by atoms with van der Waals surface area (Å²) in [5.74, 6) is 0.920. The smallest absolute Gasteiger partial charge is 0.231 e. The molecule has 0 saturated carbocycles. The monoisotopic (exact) mass is 345 g/mol. The Morgan fingerprint density at radius 1 is 1.16 bits per heavy atom. The topological polar surface area (TPSA) is 75.9 Å². The second kappa shape index (κ2) is 7.44. The predicted octanol–water partition coefficient (Wildman–Crippen LogP) is 1.09. The summed E-state index contributed by atoms with van der Waals surface area (Å²) in [6, 6.07) is 6.12. The predicted molar refractivity (Wildman–Crippen MR) is 95.3 cm³/mol. The molecular weight excluding hydrogens is 318 g/mol. The maximum Gasteiger partial charge on any atom is 0.231 e. The van der Waals surface area contributed by atoms with E-state index >= 15 is 0 Å². The number of carbonyl (C=O) groups excluding carboxylic acids is 2. The van der Waals surface area contributed by atoms with Gasteiger partial charge in [0.05, 0.1) is 19.6 Å². The maximum atomic E-state index is 12.6. The van der Waals surface area contributed by atoms with Crippen LogP contribution < -0.4 is 10.5 Å². The summed E-state index contributed by atoms with van der Waals surface area (Å²) in [4.78, 5) is 27.5. The number of primary amides is 1. The van der Waals surface area contributed by atoms with Crippen LogP contribution in [0.25, 0.3) is 0 Å². The number of nitrogens with two attached hydrogens (primary N) is 1. The van der Waals surface area contributed by atoms with Crippen molar-refractivity contribution in [3.63, 3.8) is 0 Å². The minimum atomic E-state index is -0.306. The lowest BCUT2D eigenvalue weighted by Crippen LogP contribution is -2.58. The molecule has 2 fully saturated rings. The average molecular weight is 345 g/mol. The van der Waals surface area contributed by atoms with Crippen LogP contribution in [0.4, 0.5) is 0 Å². The Labute approximate surface area is 148 Å². The molecule has 0 aliphatic carbocycles. The molecule has 1 aromatic rings. The quantitative estimate of drug-likeness (QED) is 0.867. The molecule has 2 heterocycles. The van der Waals surface area contributed by atoms with Crippen LogP contribution in [0.5, 0.6) is 5.75 Å². The van der Waals surface area contributed by atoms with Gasteiger partial charge >= 0.3 is 0 Å². The number of benzene rings is 1. The fraction of sp³-hybridized carbons (Fsp3) is 0.579. The van der Waals surface area contributed by atoms with Gasteiger partial charge in [0.1, 0.15) is 11.9 Å². The molecule has 2 N–H and O–H groups in total. The van der Waals surface area contributed by atoms with Gasteiger partial charge in [-0.15, -0.1) is 0 Å². The minimum Gasteiger partial charge on any atom is -0.486 e. The van der Waals surface area contributed by atoms with E-state index in [1.54, 1.807) is 0 Å². The number of carbonyl (C=O) groups is 2. The van der Waals surface area contributed by atoms with Crippen molar-refractivity contribution >= 4 is 11.8 Å². The second-order valence-electron chi connectivity index (χ2n) is 7.22. The van der Waals surface area contributed by atoms with E-state index in [0.29, 0.717) is 13.1 Å². The van der Waals surface area contributed by atoms with Gasteiger partial charge < -0.3 is 15.4 Å². The molecule has 0 unspecified atom stereocenters. The van der Waals surface area contributed by atoms with Gasteiger partial charge in [0.25, 0.3) is 0 Å². The number of ether oxygens (including phenoxy) is 1. The van der Waals surface area contributed by atoms with Crippen molar-refractivity contribution in [2.45, 2.75) is 32.8 Å². The summed E-state index contributed by atoms with van der Waals surface area (Å²) < 4.78 is 6.09. The van der Waals surface area contributed by atoms with Crippen LogP contribution in [-0.2, 0) is 9.59 Å². The van der Waals surface area contributed by atoms with Gasteiger partial charge in [-0.25, -0.2) is 0 Å². The number of rotatable bonds is 5. The largest absolute Gasteiger partial charge is 0.486 e. The van der Waals surface area contributed by atoms with Gasteiger partial charge in [0, 0.05) is 5.92 Å². The molecule has 6 heteroatoms. The van der Waals surface area contributed by atoms with Crippen molar-refractivity contribution in [2.24, 2.45) is 11.7 Å². The van der Waals surface area contributed by atoms with Crippen LogP contribution in [0.3, 0.4) is 0 Å². The first-order valence-electron chi connectivity index (χ1n) is 8.96. The Bertz CT molecular complexity index is 627. The van der Waals surface area contributed by atoms with Gasteiger partial charge in [-0.3, -0.25) is 14.5 Å². The maximum absolute atomic E-state index is 12.6. The molecule has 1 aromatic carbocycles. The number of amides is 2. The first kappa shape index (κ1) is 17.7. The highest BCUT2D eigenvalue weighted by Crippen LogP contribution is 2.28. The van der Waals surface area contributed by atoms with Crippen LogP contribution in [0.1, 0.15) is 24.0 Å². The lowest BCUT2D eigenvalue weighted by Gasteiger charge is -2.42. The standard InChI is InChI=1S/C19H27N3O3/c1-13-4-3-5-14(2)18(13)25-16-10-22(11-16)19(24)15-6-8-21(9-7-15)12-17(20)23/h3-5,15-16H,6-12H2,1-2H3,(H2,20,23). The van der Waals surface area contributed by atoms with Gasteiger partial charge in [-0.05, 0) is 50.9 Å². The SMILES string of the molecule is Cc1cccc(C)c1OC1CN(C(=O)C2CCN(CC(N)=O)CC2)C1. The molecule has 3 rings (SSSR count). The van der Waals surface area contributed by atoms with Crippen LogP contribution in [0.15, 0.2) is 18.2 Å². The molecule has 0 radical (unpaired) electrons. The molecule has 2 saturated heterocycles. The van der Waals surface area contributed by atoms with E-state index in [0.717, 1.165) is 42.8 Å². The zero-order valence-corrected chi connectivity index (χ0v) is 15.0. The zero-order valence-electron chi connectivity index (χ0n) is 15.0. The van der Waals surface area contributed by atoms with Gasteiger partial charge in [-0.1, -0.05) is 18.2 Å². The fourth-order valence-electron chi connectivity index (χ4n) is 3.66. The van der Waals surface area contributed by atoms with Crippen LogP contribution in [0, 0.1) is 19.8 Å². The number of para-hydroxylation sites is 1.